The van der Waals surface area contributed by atoms with E-state index in [0.29, 0.717) is 5.56 Å². The van der Waals surface area contributed by atoms with Gasteiger partial charge in [0.25, 0.3) is 0 Å². The molecular weight excluding hydrogens is 330 g/mol. The Labute approximate surface area is 136 Å². The van der Waals surface area contributed by atoms with Crippen molar-refractivity contribution >= 4 is 18.2 Å². The van der Waals surface area contributed by atoms with Crippen molar-refractivity contribution in [1.82, 2.24) is 0 Å². The maximum Gasteiger partial charge on any atom is 2.00 e. The number of nitrogens with one attached hydrogen (secondary N) is 1. The van der Waals surface area contributed by atoms with Gasteiger partial charge in [0.1, 0.15) is 6.04 Å². The molecule has 21 heavy (non-hydrogen) atoms. The van der Waals surface area contributed by atoms with Crippen LogP contribution in [0.5, 0.6) is 0 Å². The molecule has 0 aliphatic heterocycles. The van der Waals surface area contributed by atoms with Gasteiger partial charge in [-0.3, -0.25) is 9.59 Å². The minimum Gasteiger partial charge on any atom is -0.680 e. The summed E-state index contributed by atoms with van der Waals surface area (Å²) in [6, 6.07) is 7.84. The summed E-state index contributed by atoms with van der Waals surface area (Å²) in [6.07, 6.45) is 1.55. The third-order valence-corrected chi connectivity index (χ3v) is 1.88. The SMILES string of the molecule is C[NH-].NC(CCC(=O)O)C(=O)O.O=[C-]c1ccccc1.[Zn+2]. The van der Waals surface area contributed by atoms with Gasteiger partial charge in [0.2, 0.25) is 0 Å². The molecule has 1 aromatic rings. The van der Waals surface area contributed by atoms with Crippen molar-refractivity contribution in [2.75, 3.05) is 7.05 Å². The molecule has 0 aromatic heterocycles. The minimum atomic E-state index is -1.17. The Balaban J connectivity index is -0.000000268. The van der Waals surface area contributed by atoms with Crippen molar-refractivity contribution in [1.29, 1.82) is 0 Å². The Morgan fingerprint density at radius 2 is 1.71 bits per heavy atom. The van der Waals surface area contributed by atoms with Crippen LogP contribution in [-0.4, -0.2) is 41.5 Å². The second-order valence-corrected chi connectivity index (χ2v) is 3.35. The third kappa shape index (κ3) is 16.3. The molecule has 0 aliphatic rings. The number of carboxylic acids is 2. The van der Waals surface area contributed by atoms with Crippen LogP contribution in [0.4, 0.5) is 0 Å². The monoisotopic (exact) mass is 346 g/mol. The molecule has 0 radical (unpaired) electrons. The maximum absolute atomic E-state index is 9.99. The largest absolute Gasteiger partial charge is 2.00 e. The molecule has 0 aliphatic carbocycles. The zero-order valence-electron chi connectivity index (χ0n) is 11.8. The molecule has 0 fully saturated rings. The van der Waals surface area contributed by atoms with Crippen molar-refractivity contribution in [2.24, 2.45) is 5.73 Å². The van der Waals surface area contributed by atoms with Crippen LogP contribution in [0.25, 0.3) is 5.73 Å². The first-order valence-corrected chi connectivity index (χ1v) is 5.60. The van der Waals surface area contributed by atoms with Crippen LogP contribution in [0.3, 0.4) is 0 Å². The van der Waals surface area contributed by atoms with Gasteiger partial charge in [0, 0.05) is 6.42 Å². The van der Waals surface area contributed by atoms with Crippen molar-refractivity contribution in [3.05, 3.63) is 41.6 Å². The fourth-order valence-corrected chi connectivity index (χ4v) is 0.909. The number of carbonyl (C=O) groups is 2. The van der Waals surface area contributed by atoms with Crippen LogP contribution in [0.2, 0.25) is 0 Å². The Bertz CT molecular complexity index is 401. The van der Waals surface area contributed by atoms with Gasteiger partial charge < -0.3 is 26.5 Å². The Kier molecular flexibility index (Phi) is 19.1. The predicted octanol–water partition coefficient (Wildman–Crippen LogP) is 1.07. The van der Waals surface area contributed by atoms with Crippen LogP contribution in [-0.2, 0) is 33.9 Å². The van der Waals surface area contributed by atoms with Crippen LogP contribution < -0.4 is 5.73 Å². The number of aliphatic carboxylic acids is 2. The van der Waals surface area contributed by atoms with E-state index in [4.69, 9.17) is 21.7 Å². The van der Waals surface area contributed by atoms with Gasteiger partial charge in [-0.2, -0.15) is 24.7 Å². The second kappa shape index (κ2) is 16.4. The number of benzene rings is 1. The average Bonchev–Trinajstić information content (AvgIpc) is 2.48. The smallest absolute Gasteiger partial charge is 0.680 e. The zero-order chi connectivity index (χ0) is 16.0. The standard InChI is InChI=1S/C7H5O.C5H9NO4.CH4N.Zn/c8-6-7-4-2-1-3-5-7;6-3(5(9)10)1-2-4(7)8;1-2;/h1-5H;3H,1-2,6H2,(H,7,8)(H,9,10);2H,1H3;/q-1;;-1;+2. The average molecular weight is 348 g/mol. The molecule has 1 atom stereocenters. The minimum absolute atomic E-state index is 0. The summed E-state index contributed by atoms with van der Waals surface area (Å²) in [7, 11) is 1.25. The number of hydrogen-bond donors (Lipinski definition) is 3. The molecule has 1 aromatic carbocycles. The summed E-state index contributed by atoms with van der Waals surface area (Å²) in [5.74, 6) is -2.20. The third-order valence-electron chi connectivity index (χ3n) is 1.88. The Hall–Kier alpha value is -1.63. The fraction of sp³-hybridized carbons (Fsp3) is 0.308. The topological polar surface area (TPSA) is 141 Å². The fourth-order valence-electron chi connectivity index (χ4n) is 0.909. The number of hydrogen-bond acceptors (Lipinski definition) is 4. The Morgan fingerprint density at radius 3 is 2.00 bits per heavy atom. The normalized spacial score (nSPS) is 9.48. The molecule has 112 valence electrons. The molecule has 0 bridgehead atoms. The van der Waals surface area contributed by atoms with Gasteiger partial charge in [0.05, 0.1) is 6.29 Å². The molecule has 7 nitrogen and oxygen atoms in total. The van der Waals surface area contributed by atoms with Crippen molar-refractivity contribution in [2.45, 2.75) is 18.9 Å². The first-order valence-electron chi connectivity index (χ1n) is 5.60. The predicted molar refractivity (Wildman–Crippen MR) is 74.0 cm³/mol. The van der Waals surface area contributed by atoms with Crippen molar-refractivity contribution in [3.8, 4) is 0 Å². The van der Waals surface area contributed by atoms with Crippen LogP contribution in [0, 0.1) is 0 Å². The number of nitrogens with two attached hydrogens (primary N) is 1. The second-order valence-electron chi connectivity index (χ2n) is 3.35. The van der Waals surface area contributed by atoms with E-state index in [0.717, 1.165) is 0 Å². The van der Waals surface area contributed by atoms with E-state index in [9.17, 15) is 14.4 Å². The molecule has 1 rings (SSSR count). The molecule has 0 saturated carbocycles. The summed E-state index contributed by atoms with van der Waals surface area (Å²) in [5.41, 5.74) is 11.4. The molecule has 8 heteroatoms. The molecule has 0 spiro atoms. The van der Waals surface area contributed by atoms with E-state index in [1.807, 2.05) is 6.07 Å². The molecule has 0 saturated heterocycles. The summed E-state index contributed by atoms with van der Waals surface area (Å²) in [6.45, 7) is 0. The summed E-state index contributed by atoms with van der Waals surface area (Å²) in [5, 5.41) is 16.3. The van der Waals surface area contributed by atoms with Gasteiger partial charge >= 0.3 is 31.4 Å². The van der Waals surface area contributed by atoms with Gasteiger partial charge in [-0.1, -0.05) is 6.07 Å². The van der Waals surface area contributed by atoms with Crippen LogP contribution in [0.15, 0.2) is 30.3 Å². The van der Waals surface area contributed by atoms with E-state index in [1.54, 1.807) is 30.6 Å². The van der Waals surface area contributed by atoms with E-state index < -0.39 is 18.0 Å². The van der Waals surface area contributed by atoms with E-state index >= 15 is 0 Å². The van der Waals surface area contributed by atoms with Gasteiger partial charge in [-0.25, -0.2) is 0 Å². The molecule has 1 unspecified atom stereocenters. The maximum atomic E-state index is 9.99. The van der Waals surface area contributed by atoms with Crippen LogP contribution in [0.1, 0.15) is 18.4 Å². The van der Waals surface area contributed by atoms with Crippen LogP contribution >= 0.6 is 0 Å². The first kappa shape index (κ1) is 24.4. The van der Waals surface area contributed by atoms with Crippen molar-refractivity contribution in [3.63, 3.8) is 0 Å². The van der Waals surface area contributed by atoms with Crippen molar-refractivity contribution < 1.29 is 44.1 Å². The number of carboxylic acid groups (broad SMARTS) is 2. The summed E-state index contributed by atoms with van der Waals surface area (Å²) in [4.78, 5) is 29.8. The quantitative estimate of drug-likeness (QED) is 0.537. The van der Waals surface area contributed by atoms with Gasteiger partial charge in [0.15, 0.2) is 0 Å². The molecule has 0 heterocycles. The number of rotatable bonds is 5. The van der Waals surface area contributed by atoms with Gasteiger partial charge in [-0.15, -0.1) is 12.1 Å². The first-order chi connectivity index (χ1) is 9.47. The summed E-state index contributed by atoms with van der Waals surface area (Å²) < 4.78 is 0. The molecule has 5 N–H and O–H groups in total. The molecule has 0 amide bonds. The zero-order valence-corrected chi connectivity index (χ0v) is 14.7. The Morgan fingerprint density at radius 1 is 1.24 bits per heavy atom. The molecular formula is C13H18N2O5Zn. The summed E-state index contributed by atoms with van der Waals surface area (Å²) >= 11 is 0. The number of carbonyl (C=O) groups excluding carboxylic acids is 1. The van der Waals surface area contributed by atoms with E-state index in [1.165, 1.54) is 7.05 Å². The van der Waals surface area contributed by atoms with Gasteiger partial charge in [-0.05, 0) is 6.42 Å². The van der Waals surface area contributed by atoms with E-state index in [2.05, 4.69) is 0 Å². The van der Waals surface area contributed by atoms with E-state index in [-0.39, 0.29) is 32.3 Å².